The van der Waals surface area contributed by atoms with Crippen LogP contribution in [0.4, 0.5) is 11.8 Å². The standard InChI is InChI=1S/C6H6IN5/c7-4-2-1-3-5(8)10-6(9)11-12(3)4/h1-2H,(H4,8,9,10,11). The topological polar surface area (TPSA) is 82.2 Å². The molecule has 0 aromatic carbocycles. The van der Waals surface area contributed by atoms with Gasteiger partial charge in [-0.15, -0.1) is 5.10 Å². The van der Waals surface area contributed by atoms with Gasteiger partial charge in [0.05, 0.1) is 0 Å². The molecule has 0 atom stereocenters. The normalized spacial score (nSPS) is 10.8. The Morgan fingerprint density at radius 3 is 2.83 bits per heavy atom. The molecular weight excluding hydrogens is 269 g/mol. The number of fused-ring (bicyclic) bond motifs is 1. The SMILES string of the molecule is Nc1nc(N)c2ccc(I)n2n1. The number of nitrogen functional groups attached to an aromatic ring is 2. The van der Waals surface area contributed by atoms with Gasteiger partial charge in [0.2, 0.25) is 5.95 Å². The van der Waals surface area contributed by atoms with Crippen molar-refractivity contribution in [2.24, 2.45) is 0 Å². The quantitative estimate of drug-likeness (QED) is 0.686. The molecule has 0 radical (unpaired) electrons. The number of aromatic nitrogens is 3. The van der Waals surface area contributed by atoms with Gasteiger partial charge in [0.1, 0.15) is 9.22 Å². The lowest BCUT2D eigenvalue weighted by molar-refractivity contribution is 0.900. The molecule has 6 heteroatoms. The van der Waals surface area contributed by atoms with E-state index < -0.39 is 0 Å². The van der Waals surface area contributed by atoms with E-state index in [9.17, 15) is 0 Å². The lowest BCUT2D eigenvalue weighted by Gasteiger charge is -1.99. The molecule has 0 bridgehead atoms. The summed E-state index contributed by atoms with van der Waals surface area (Å²) in [5.74, 6) is 0.597. The van der Waals surface area contributed by atoms with E-state index in [1.807, 2.05) is 12.1 Å². The molecule has 0 saturated heterocycles. The highest BCUT2D eigenvalue weighted by Gasteiger charge is 2.04. The van der Waals surface area contributed by atoms with Gasteiger partial charge in [-0.3, -0.25) is 0 Å². The van der Waals surface area contributed by atoms with Crippen LogP contribution >= 0.6 is 22.6 Å². The van der Waals surface area contributed by atoms with Crippen molar-refractivity contribution in [3.63, 3.8) is 0 Å². The summed E-state index contributed by atoms with van der Waals surface area (Å²) in [5, 5.41) is 3.99. The van der Waals surface area contributed by atoms with E-state index in [4.69, 9.17) is 11.5 Å². The fourth-order valence-corrected chi connectivity index (χ4v) is 1.55. The van der Waals surface area contributed by atoms with Crippen LogP contribution in [0.3, 0.4) is 0 Å². The molecule has 0 unspecified atom stereocenters. The predicted molar refractivity (Wildman–Crippen MR) is 54.5 cm³/mol. The highest BCUT2D eigenvalue weighted by Crippen LogP contribution is 2.15. The first-order valence-corrected chi connectivity index (χ1v) is 4.32. The molecular formula is C6H6IN5. The third-order valence-electron chi connectivity index (χ3n) is 1.51. The van der Waals surface area contributed by atoms with Crippen LogP contribution in [0.1, 0.15) is 0 Å². The zero-order chi connectivity index (χ0) is 8.72. The molecule has 2 heterocycles. The largest absolute Gasteiger partial charge is 0.382 e. The van der Waals surface area contributed by atoms with E-state index in [1.165, 1.54) is 0 Å². The lowest BCUT2D eigenvalue weighted by atomic mass is 10.5. The van der Waals surface area contributed by atoms with Gasteiger partial charge in [-0.05, 0) is 34.7 Å². The maximum Gasteiger partial charge on any atom is 0.240 e. The molecule has 62 valence electrons. The van der Waals surface area contributed by atoms with E-state index in [1.54, 1.807) is 4.52 Å². The van der Waals surface area contributed by atoms with E-state index in [0.29, 0.717) is 5.82 Å². The summed E-state index contributed by atoms with van der Waals surface area (Å²) in [6, 6.07) is 3.76. The second-order valence-corrected chi connectivity index (χ2v) is 3.41. The maximum absolute atomic E-state index is 5.62. The smallest absolute Gasteiger partial charge is 0.240 e. The third kappa shape index (κ3) is 0.986. The second-order valence-electron chi connectivity index (χ2n) is 2.31. The Balaban J connectivity index is 2.92. The molecule has 0 aliphatic carbocycles. The van der Waals surface area contributed by atoms with Crippen LogP contribution in [0, 0.1) is 3.70 Å². The maximum atomic E-state index is 5.62. The average molecular weight is 275 g/mol. The van der Waals surface area contributed by atoms with Crippen LogP contribution in [0.25, 0.3) is 5.52 Å². The third-order valence-corrected chi connectivity index (χ3v) is 2.33. The Kier molecular flexibility index (Phi) is 1.56. The number of hydrogen-bond acceptors (Lipinski definition) is 4. The Morgan fingerprint density at radius 2 is 2.08 bits per heavy atom. The van der Waals surface area contributed by atoms with Crippen LogP contribution in [-0.2, 0) is 0 Å². The minimum Gasteiger partial charge on any atom is -0.382 e. The summed E-state index contributed by atoms with van der Waals surface area (Å²) in [5.41, 5.74) is 11.8. The van der Waals surface area contributed by atoms with Crippen LogP contribution < -0.4 is 11.5 Å². The van der Waals surface area contributed by atoms with Crippen molar-refractivity contribution in [1.29, 1.82) is 0 Å². The highest BCUT2D eigenvalue weighted by atomic mass is 127. The van der Waals surface area contributed by atoms with Gasteiger partial charge < -0.3 is 11.5 Å². The summed E-state index contributed by atoms with van der Waals surface area (Å²) in [6.07, 6.45) is 0. The van der Waals surface area contributed by atoms with Gasteiger partial charge >= 0.3 is 0 Å². The molecule has 2 aromatic heterocycles. The summed E-state index contributed by atoms with van der Waals surface area (Å²) >= 11 is 2.15. The van der Waals surface area contributed by atoms with E-state index in [-0.39, 0.29) is 5.95 Å². The molecule has 4 N–H and O–H groups in total. The minimum atomic E-state index is 0.189. The number of hydrogen-bond donors (Lipinski definition) is 2. The van der Waals surface area contributed by atoms with Crippen LogP contribution in [0.2, 0.25) is 0 Å². The Hall–Kier alpha value is -1.05. The summed E-state index contributed by atoms with van der Waals surface area (Å²) in [4.78, 5) is 3.84. The Morgan fingerprint density at radius 1 is 1.33 bits per heavy atom. The number of rotatable bonds is 0. The minimum absolute atomic E-state index is 0.189. The van der Waals surface area contributed by atoms with Crippen molar-refractivity contribution in [2.75, 3.05) is 11.5 Å². The molecule has 0 aliphatic rings. The first kappa shape index (κ1) is 7.59. The molecule has 0 spiro atoms. The first-order chi connectivity index (χ1) is 5.68. The van der Waals surface area contributed by atoms with Gasteiger partial charge in [0, 0.05) is 0 Å². The molecule has 0 amide bonds. The first-order valence-electron chi connectivity index (χ1n) is 3.25. The number of nitrogens with two attached hydrogens (primary N) is 2. The van der Waals surface area contributed by atoms with Crippen molar-refractivity contribution < 1.29 is 0 Å². The molecule has 2 rings (SSSR count). The van der Waals surface area contributed by atoms with Crippen molar-refractivity contribution in [2.45, 2.75) is 0 Å². The Labute approximate surface area is 81.9 Å². The zero-order valence-electron chi connectivity index (χ0n) is 6.03. The molecule has 0 aliphatic heterocycles. The van der Waals surface area contributed by atoms with E-state index in [0.717, 1.165) is 9.22 Å². The van der Waals surface area contributed by atoms with Gasteiger partial charge in [0.25, 0.3) is 0 Å². The average Bonchev–Trinajstić information content (AvgIpc) is 2.33. The monoisotopic (exact) mass is 275 g/mol. The van der Waals surface area contributed by atoms with Crippen molar-refractivity contribution in [3.05, 3.63) is 15.8 Å². The molecule has 0 saturated carbocycles. The number of anilines is 2. The van der Waals surface area contributed by atoms with E-state index in [2.05, 4.69) is 32.7 Å². The van der Waals surface area contributed by atoms with Crippen LogP contribution in [-0.4, -0.2) is 14.6 Å². The molecule has 0 fully saturated rings. The highest BCUT2D eigenvalue weighted by molar-refractivity contribution is 14.1. The lowest BCUT2D eigenvalue weighted by Crippen LogP contribution is -2.05. The van der Waals surface area contributed by atoms with Gasteiger partial charge in [-0.2, -0.15) is 4.98 Å². The fourth-order valence-electron chi connectivity index (χ4n) is 1.00. The fraction of sp³-hybridized carbons (Fsp3) is 0. The van der Waals surface area contributed by atoms with Crippen molar-refractivity contribution in [1.82, 2.24) is 14.6 Å². The summed E-state index contributed by atoms with van der Waals surface area (Å²) in [6.45, 7) is 0. The zero-order valence-corrected chi connectivity index (χ0v) is 8.19. The van der Waals surface area contributed by atoms with Gasteiger partial charge in [-0.25, -0.2) is 4.52 Å². The summed E-state index contributed by atoms with van der Waals surface area (Å²) in [7, 11) is 0. The second kappa shape index (κ2) is 2.47. The van der Waals surface area contributed by atoms with Gasteiger partial charge in [-0.1, -0.05) is 0 Å². The molecule has 2 aromatic rings. The summed E-state index contributed by atoms with van der Waals surface area (Å²) < 4.78 is 2.63. The Bertz CT molecular complexity index is 435. The molecule has 5 nitrogen and oxygen atoms in total. The number of nitrogens with zero attached hydrogens (tertiary/aromatic N) is 3. The molecule has 12 heavy (non-hydrogen) atoms. The van der Waals surface area contributed by atoms with Crippen molar-refractivity contribution >= 4 is 39.9 Å². The van der Waals surface area contributed by atoms with E-state index >= 15 is 0 Å². The van der Waals surface area contributed by atoms with Crippen LogP contribution in [0.15, 0.2) is 12.1 Å². The predicted octanol–water partition coefficient (Wildman–Crippen LogP) is 0.498. The van der Waals surface area contributed by atoms with Crippen LogP contribution in [0.5, 0.6) is 0 Å². The number of halogens is 1. The van der Waals surface area contributed by atoms with Gasteiger partial charge in [0.15, 0.2) is 5.82 Å². The van der Waals surface area contributed by atoms with Crippen molar-refractivity contribution in [3.8, 4) is 0 Å².